The van der Waals surface area contributed by atoms with E-state index in [2.05, 4.69) is 12.1 Å². The number of methoxy groups -OCH3 is 1. The van der Waals surface area contributed by atoms with Crippen LogP contribution < -0.4 is 4.74 Å². The molecule has 0 saturated carbocycles. The molecule has 1 aliphatic carbocycles. The molecule has 1 N–H and O–H groups in total. The summed E-state index contributed by atoms with van der Waals surface area (Å²) in [4.78, 5) is 4.75. The van der Waals surface area contributed by atoms with Crippen molar-refractivity contribution in [3.05, 3.63) is 41.5 Å². The van der Waals surface area contributed by atoms with Crippen molar-refractivity contribution in [2.75, 3.05) is 7.11 Å². The maximum absolute atomic E-state index is 9.69. The third kappa shape index (κ3) is 2.07. The fraction of sp³-hybridized carbons (Fsp3) is 0.235. The van der Waals surface area contributed by atoms with Gasteiger partial charge in [0.05, 0.1) is 17.3 Å². The lowest BCUT2D eigenvalue weighted by atomic mass is 10.1. The first kappa shape index (κ1) is 12.7. The van der Waals surface area contributed by atoms with Gasteiger partial charge in [-0.1, -0.05) is 0 Å². The van der Waals surface area contributed by atoms with Crippen LogP contribution in [-0.2, 0) is 12.8 Å². The van der Waals surface area contributed by atoms with E-state index in [1.165, 1.54) is 35.1 Å². The number of nitrogens with zero attached hydrogens (tertiary/aromatic N) is 1. The van der Waals surface area contributed by atoms with E-state index < -0.39 is 0 Å². The van der Waals surface area contributed by atoms with Crippen LogP contribution in [0, 0.1) is 0 Å². The summed E-state index contributed by atoms with van der Waals surface area (Å²) in [5, 5.41) is 10.7. The topological polar surface area (TPSA) is 42.4 Å². The van der Waals surface area contributed by atoms with Crippen molar-refractivity contribution in [2.45, 2.75) is 19.3 Å². The second-order valence-electron chi connectivity index (χ2n) is 5.35. The standard InChI is InChI=1S/C17H15NO2S/c1-20-15-8-12(5-6-14(15)19)17-18-13-7-10-3-2-4-11(10)9-16(13)21-17/h5-9,19H,2-4H2,1H3. The number of phenolic OH excluding ortho intramolecular Hbond substituents is 1. The van der Waals surface area contributed by atoms with Crippen molar-refractivity contribution in [1.29, 1.82) is 0 Å². The van der Waals surface area contributed by atoms with E-state index in [1.54, 1.807) is 24.5 Å². The highest BCUT2D eigenvalue weighted by Crippen LogP contribution is 2.37. The second kappa shape index (κ2) is 4.74. The van der Waals surface area contributed by atoms with Gasteiger partial charge in [0.15, 0.2) is 11.5 Å². The van der Waals surface area contributed by atoms with E-state index in [4.69, 9.17) is 9.72 Å². The van der Waals surface area contributed by atoms with Crippen molar-refractivity contribution in [3.8, 4) is 22.1 Å². The molecule has 0 atom stereocenters. The van der Waals surface area contributed by atoms with E-state index in [1.807, 2.05) is 12.1 Å². The second-order valence-corrected chi connectivity index (χ2v) is 6.38. The normalized spacial score (nSPS) is 13.6. The molecule has 4 heteroatoms. The minimum absolute atomic E-state index is 0.154. The van der Waals surface area contributed by atoms with Crippen LogP contribution in [0.1, 0.15) is 17.5 Å². The Morgan fingerprint density at radius 1 is 1.14 bits per heavy atom. The number of hydrogen-bond acceptors (Lipinski definition) is 4. The number of phenols is 1. The molecular formula is C17H15NO2S. The minimum Gasteiger partial charge on any atom is -0.504 e. The molecule has 0 spiro atoms. The molecule has 1 aromatic heterocycles. The molecule has 106 valence electrons. The molecule has 0 amide bonds. The van der Waals surface area contributed by atoms with E-state index in [-0.39, 0.29) is 5.75 Å². The number of benzene rings is 2. The summed E-state index contributed by atoms with van der Waals surface area (Å²) in [6, 6.07) is 9.88. The molecule has 2 aromatic carbocycles. The summed E-state index contributed by atoms with van der Waals surface area (Å²) in [5.74, 6) is 0.635. The maximum Gasteiger partial charge on any atom is 0.161 e. The zero-order chi connectivity index (χ0) is 14.4. The lowest BCUT2D eigenvalue weighted by Gasteiger charge is -2.04. The molecule has 4 rings (SSSR count). The average molecular weight is 297 g/mol. The predicted molar refractivity (Wildman–Crippen MR) is 85.3 cm³/mol. The van der Waals surface area contributed by atoms with Crippen molar-refractivity contribution in [3.63, 3.8) is 0 Å². The van der Waals surface area contributed by atoms with E-state index in [0.29, 0.717) is 5.75 Å². The van der Waals surface area contributed by atoms with Crippen LogP contribution >= 0.6 is 11.3 Å². The van der Waals surface area contributed by atoms with Crippen LogP contribution in [0.5, 0.6) is 11.5 Å². The van der Waals surface area contributed by atoms with Gasteiger partial charge in [0.1, 0.15) is 5.01 Å². The zero-order valence-electron chi connectivity index (χ0n) is 11.7. The number of aryl methyl sites for hydroxylation is 2. The lowest BCUT2D eigenvalue weighted by molar-refractivity contribution is 0.373. The van der Waals surface area contributed by atoms with Gasteiger partial charge in [0.2, 0.25) is 0 Å². The van der Waals surface area contributed by atoms with Gasteiger partial charge in [-0.15, -0.1) is 11.3 Å². The molecule has 0 saturated heterocycles. The van der Waals surface area contributed by atoms with Gasteiger partial charge >= 0.3 is 0 Å². The molecule has 1 heterocycles. The Hall–Kier alpha value is -2.07. The van der Waals surface area contributed by atoms with Gasteiger partial charge in [0.25, 0.3) is 0 Å². The van der Waals surface area contributed by atoms with Gasteiger partial charge in [-0.25, -0.2) is 4.98 Å². The highest BCUT2D eigenvalue weighted by molar-refractivity contribution is 7.21. The fourth-order valence-electron chi connectivity index (χ4n) is 2.93. The first-order valence-corrected chi connectivity index (χ1v) is 7.86. The van der Waals surface area contributed by atoms with Gasteiger partial charge in [-0.3, -0.25) is 0 Å². The quantitative estimate of drug-likeness (QED) is 0.772. The van der Waals surface area contributed by atoms with Crippen molar-refractivity contribution < 1.29 is 9.84 Å². The highest BCUT2D eigenvalue weighted by Gasteiger charge is 2.15. The number of thiazole rings is 1. The molecular weight excluding hydrogens is 282 g/mol. The van der Waals surface area contributed by atoms with E-state index in [9.17, 15) is 5.11 Å². The molecule has 0 bridgehead atoms. The Balaban J connectivity index is 1.84. The molecule has 0 unspecified atom stereocenters. The van der Waals surface area contributed by atoms with E-state index in [0.717, 1.165) is 16.1 Å². The number of fused-ring (bicyclic) bond motifs is 2. The number of hydrogen-bond donors (Lipinski definition) is 1. The summed E-state index contributed by atoms with van der Waals surface area (Å²) in [5.41, 5.74) is 4.97. The van der Waals surface area contributed by atoms with Crippen LogP contribution in [0.4, 0.5) is 0 Å². The molecule has 21 heavy (non-hydrogen) atoms. The summed E-state index contributed by atoms with van der Waals surface area (Å²) >= 11 is 1.69. The van der Waals surface area contributed by atoms with Gasteiger partial charge in [-0.05, 0) is 60.7 Å². The Kier molecular flexibility index (Phi) is 2.86. The summed E-state index contributed by atoms with van der Waals surface area (Å²) in [6.45, 7) is 0. The van der Waals surface area contributed by atoms with Crippen molar-refractivity contribution >= 4 is 21.6 Å². The fourth-order valence-corrected chi connectivity index (χ4v) is 3.94. The molecule has 0 aliphatic heterocycles. The average Bonchev–Trinajstić information content (AvgIpc) is 3.10. The van der Waals surface area contributed by atoms with Crippen LogP contribution in [-0.4, -0.2) is 17.2 Å². The Morgan fingerprint density at radius 2 is 1.95 bits per heavy atom. The monoisotopic (exact) mass is 297 g/mol. The van der Waals surface area contributed by atoms with Gasteiger partial charge in [-0.2, -0.15) is 0 Å². The van der Waals surface area contributed by atoms with Crippen molar-refractivity contribution in [1.82, 2.24) is 4.98 Å². The third-order valence-electron chi connectivity index (χ3n) is 4.03. The smallest absolute Gasteiger partial charge is 0.161 e. The Morgan fingerprint density at radius 3 is 2.76 bits per heavy atom. The summed E-state index contributed by atoms with van der Waals surface area (Å²) < 4.78 is 6.41. The Labute approximate surface area is 126 Å². The SMILES string of the molecule is COc1cc(-c2nc3cc4c(cc3s2)CCC4)ccc1O. The highest BCUT2D eigenvalue weighted by atomic mass is 32.1. The number of ether oxygens (including phenoxy) is 1. The maximum atomic E-state index is 9.69. The van der Waals surface area contributed by atoms with E-state index >= 15 is 0 Å². The Bertz CT molecular complexity index is 797. The number of rotatable bonds is 2. The largest absolute Gasteiger partial charge is 0.504 e. The summed E-state index contributed by atoms with van der Waals surface area (Å²) in [7, 11) is 1.56. The molecule has 1 aliphatic rings. The van der Waals surface area contributed by atoms with Crippen LogP contribution in [0.3, 0.4) is 0 Å². The van der Waals surface area contributed by atoms with Gasteiger partial charge < -0.3 is 9.84 Å². The van der Waals surface area contributed by atoms with Crippen molar-refractivity contribution in [2.24, 2.45) is 0 Å². The van der Waals surface area contributed by atoms with Crippen LogP contribution in [0.15, 0.2) is 30.3 Å². The third-order valence-corrected chi connectivity index (χ3v) is 5.10. The zero-order valence-corrected chi connectivity index (χ0v) is 12.5. The van der Waals surface area contributed by atoms with Crippen LogP contribution in [0.2, 0.25) is 0 Å². The lowest BCUT2D eigenvalue weighted by Crippen LogP contribution is -1.85. The van der Waals surface area contributed by atoms with Crippen LogP contribution in [0.25, 0.3) is 20.8 Å². The first-order chi connectivity index (χ1) is 10.2. The summed E-state index contributed by atoms with van der Waals surface area (Å²) in [6.07, 6.45) is 3.62. The molecule has 0 radical (unpaired) electrons. The number of aromatic hydroxyl groups is 1. The molecule has 0 fully saturated rings. The molecule has 3 aromatic rings. The molecule has 3 nitrogen and oxygen atoms in total. The minimum atomic E-state index is 0.154. The van der Waals surface area contributed by atoms with Gasteiger partial charge in [0, 0.05) is 5.56 Å². The first-order valence-electron chi connectivity index (χ1n) is 7.04. The number of aromatic nitrogens is 1. The predicted octanol–water partition coefficient (Wildman–Crippen LogP) is 4.17.